The van der Waals surface area contributed by atoms with Gasteiger partial charge in [0.15, 0.2) is 17.1 Å². The normalized spacial score (nSPS) is 11.1. The van der Waals surface area contributed by atoms with Gasteiger partial charge in [-0.05, 0) is 54.1 Å². The van der Waals surface area contributed by atoms with Crippen LogP contribution in [-0.2, 0) is 4.79 Å². The average molecular weight is 530 g/mol. The van der Waals surface area contributed by atoms with Crippen LogP contribution in [0.3, 0.4) is 0 Å². The Morgan fingerprint density at radius 3 is 2.71 bits per heavy atom. The van der Waals surface area contributed by atoms with Crippen LogP contribution in [0.4, 0.5) is 0 Å². The van der Waals surface area contributed by atoms with Crippen LogP contribution < -0.4 is 14.9 Å². The van der Waals surface area contributed by atoms with Gasteiger partial charge in [-0.1, -0.05) is 47.1 Å². The molecular weight excluding hydrogens is 513 g/mol. The van der Waals surface area contributed by atoms with Gasteiger partial charge in [0.05, 0.1) is 29.7 Å². The van der Waals surface area contributed by atoms with Crippen LogP contribution in [0.1, 0.15) is 15.9 Å². The van der Waals surface area contributed by atoms with Crippen LogP contribution in [0, 0.1) is 0 Å². The third-order valence-electron chi connectivity index (χ3n) is 4.55. The van der Waals surface area contributed by atoms with Gasteiger partial charge in [0.1, 0.15) is 5.52 Å². The Kier molecular flexibility index (Phi) is 7.91. The number of hydrogen-bond acceptors (Lipinski definition) is 8. The van der Waals surface area contributed by atoms with E-state index in [-0.39, 0.29) is 28.0 Å². The van der Waals surface area contributed by atoms with Crippen molar-refractivity contribution in [2.45, 2.75) is 5.22 Å². The van der Waals surface area contributed by atoms with Crippen LogP contribution in [0.5, 0.6) is 11.5 Å². The summed E-state index contributed by atoms with van der Waals surface area (Å²) in [7, 11) is 1.44. The molecule has 8 nitrogen and oxygen atoms in total. The largest absolute Gasteiger partial charge is 0.493 e. The number of esters is 1. The molecule has 0 aliphatic rings. The molecule has 0 unspecified atom stereocenters. The minimum absolute atomic E-state index is 0.0790. The molecule has 11 heteroatoms. The van der Waals surface area contributed by atoms with Crippen molar-refractivity contribution in [2.24, 2.45) is 5.10 Å². The van der Waals surface area contributed by atoms with E-state index in [1.54, 1.807) is 24.3 Å². The molecule has 4 rings (SSSR count). The lowest BCUT2D eigenvalue weighted by Crippen LogP contribution is -2.19. The monoisotopic (exact) mass is 529 g/mol. The third-order valence-corrected chi connectivity index (χ3v) is 5.92. The van der Waals surface area contributed by atoms with Crippen molar-refractivity contribution in [3.05, 3.63) is 81.8 Å². The minimum atomic E-state index is -0.657. The number of ether oxygens (including phenoxy) is 2. The van der Waals surface area contributed by atoms with Crippen LogP contribution in [0.25, 0.3) is 11.1 Å². The molecule has 0 spiro atoms. The van der Waals surface area contributed by atoms with Crippen molar-refractivity contribution < 1.29 is 23.5 Å². The highest BCUT2D eigenvalue weighted by molar-refractivity contribution is 7.99. The number of oxazole rings is 1. The minimum Gasteiger partial charge on any atom is -0.493 e. The molecule has 1 aromatic heterocycles. The van der Waals surface area contributed by atoms with Crippen LogP contribution >= 0.6 is 35.0 Å². The second kappa shape index (κ2) is 11.3. The van der Waals surface area contributed by atoms with Gasteiger partial charge >= 0.3 is 5.97 Å². The lowest BCUT2D eigenvalue weighted by atomic mass is 10.2. The molecule has 0 radical (unpaired) electrons. The Hall–Kier alpha value is -3.53. The van der Waals surface area contributed by atoms with Gasteiger partial charge in [-0.3, -0.25) is 4.79 Å². The first kappa shape index (κ1) is 24.6. The summed E-state index contributed by atoms with van der Waals surface area (Å²) in [6.07, 6.45) is 1.44. The molecule has 3 aromatic carbocycles. The second-order valence-corrected chi connectivity index (χ2v) is 8.72. The molecule has 1 N–H and O–H groups in total. The first-order valence-corrected chi connectivity index (χ1v) is 11.8. The van der Waals surface area contributed by atoms with Gasteiger partial charge in [0.2, 0.25) is 0 Å². The summed E-state index contributed by atoms with van der Waals surface area (Å²) in [5, 5.41) is 4.93. The molecule has 0 fully saturated rings. The molecule has 0 saturated carbocycles. The fraction of sp³-hybridized carbons (Fsp3) is 0.0833. The number of rotatable bonds is 8. The summed E-state index contributed by atoms with van der Waals surface area (Å²) in [6.45, 7) is 0. The number of carbonyl (C=O) groups is 2. The lowest BCUT2D eigenvalue weighted by Gasteiger charge is -2.10. The van der Waals surface area contributed by atoms with E-state index in [4.69, 9.17) is 37.1 Å². The van der Waals surface area contributed by atoms with Gasteiger partial charge in [-0.2, -0.15) is 5.10 Å². The number of nitrogens with zero attached hydrogens (tertiary/aromatic N) is 2. The van der Waals surface area contributed by atoms with Crippen molar-refractivity contribution >= 4 is 64.2 Å². The fourth-order valence-electron chi connectivity index (χ4n) is 2.91. The first-order chi connectivity index (χ1) is 16.9. The summed E-state index contributed by atoms with van der Waals surface area (Å²) in [5.41, 5.74) is 4.61. The number of hydrazone groups is 1. The molecule has 1 heterocycles. The second-order valence-electron chi connectivity index (χ2n) is 6.95. The van der Waals surface area contributed by atoms with E-state index in [2.05, 4.69) is 15.5 Å². The Morgan fingerprint density at radius 2 is 1.94 bits per heavy atom. The van der Waals surface area contributed by atoms with E-state index < -0.39 is 5.97 Å². The highest BCUT2D eigenvalue weighted by atomic mass is 35.5. The van der Waals surface area contributed by atoms with E-state index in [0.29, 0.717) is 27.1 Å². The van der Waals surface area contributed by atoms with E-state index in [9.17, 15) is 9.59 Å². The van der Waals surface area contributed by atoms with Crippen LogP contribution in [0.15, 0.2) is 75.4 Å². The Morgan fingerprint density at radius 1 is 1.11 bits per heavy atom. The number of benzene rings is 3. The van der Waals surface area contributed by atoms with Gasteiger partial charge in [-0.15, -0.1) is 0 Å². The number of amides is 1. The summed E-state index contributed by atoms with van der Waals surface area (Å²) in [5.74, 6) is -0.416. The molecule has 0 bridgehead atoms. The Bertz CT molecular complexity index is 1390. The number of nitrogens with one attached hydrogen (secondary N) is 1. The zero-order chi connectivity index (χ0) is 24.8. The zero-order valence-electron chi connectivity index (χ0n) is 18.2. The van der Waals surface area contributed by atoms with Gasteiger partial charge in [0.25, 0.3) is 11.1 Å². The molecule has 0 atom stereocenters. The molecule has 178 valence electrons. The van der Waals surface area contributed by atoms with Crippen molar-refractivity contribution in [1.29, 1.82) is 0 Å². The summed E-state index contributed by atoms with van der Waals surface area (Å²) < 4.78 is 16.3. The smallest absolute Gasteiger partial charge is 0.345 e. The molecule has 0 saturated heterocycles. The summed E-state index contributed by atoms with van der Waals surface area (Å²) >= 11 is 13.1. The maximum Gasteiger partial charge on any atom is 0.345 e. The quantitative estimate of drug-likeness (QED) is 0.104. The van der Waals surface area contributed by atoms with E-state index >= 15 is 0 Å². The van der Waals surface area contributed by atoms with Crippen molar-refractivity contribution in [2.75, 3.05) is 12.9 Å². The lowest BCUT2D eigenvalue weighted by molar-refractivity contribution is -0.118. The fourth-order valence-corrected chi connectivity index (χ4v) is 4.03. The van der Waals surface area contributed by atoms with Crippen molar-refractivity contribution in [3.8, 4) is 11.5 Å². The number of methoxy groups -OCH3 is 1. The number of halogens is 2. The number of hydrogen-bond donors (Lipinski definition) is 1. The standard InChI is InChI=1S/C24H17Cl2N3O5S/c1-32-21-10-14(6-9-20(21)33-23(31)16-8-7-15(25)11-17(16)26)12-27-29-22(30)13-35-24-28-18-4-2-3-5-19(18)34-24/h2-12H,13H2,1H3,(H,29,30)/b27-12+. The Balaban J connectivity index is 1.33. The molecule has 0 aliphatic heterocycles. The maximum atomic E-state index is 12.5. The van der Waals surface area contributed by atoms with Crippen molar-refractivity contribution in [1.82, 2.24) is 10.4 Å². The number of para-hydroxylation sites is 2. The predicted molar refractivity (Wildman–Crippen MR) is 135 cm³/mol. The number of fused-ring (bicyclic) bond motifs is 1. The van der Waals surface area contributed by atoms with Gasteiger partial charge in [-0.25, -0.2) is 15.2 Å². The Labute approximate surface area is 214 Å². The summed E-state index contributed by atoms with van der Waals surface area (Å²) in [4.78, 5) is 28.9. The van der Waals surface area contributed by atoms with Gasteiger partial charge < -0.3 is 13.9 Å². The van der Waals surface area contributed by atoms with Crippen molar-refractivity contribution in [3.63, 3.8) is 0 Å². The highest BCUT2D eigenvalue weighted by Gasteiger charge is 2.16. The summed E-state index contributed by atoms with van der Waals surface area (Å²) in [6, 6.07) is 16.6. The van der Waals surface area contributed by atoms with Crippen LogP contribution in [0.2, 0.25) is 10.0 Å². The SMILES string of the molecule is COc1cc(/C=N/NC(=O)CSc2nc3ccccc3o2)ccc1OC(=O)c1ccc(Cl)cc1Cl. The molecule has 0 aliphatic carbocycles. The highest BCUT2D eigenvalue weighted by Crippen LogP contribution is 2.30. The van der Waals surface area contributed by atoms with E-state index in [1.807, 2.05) is 24.3 Å². The zero-order valence-corrected chi connectivity index (χ0v) is 20.5. The van der Waals surface area contributed by atoms with E-state index in [0.717, 1.165) is 5.52 Å². The predicted octanol–water partition coefficient (Wildman–Crippen LogP) is 5.60. The number of carbonyl (C=O) groups excluding carboxylic acids is 2. The maximum absolute atomic E-state index is 12.5. The first-order valence-electron chi connectivity index (χ1n) is 10.1. The molecule has 4 aromatic rings. The van der Waals surface area contributed by atoms with Crippen LogP contribution in [-0.4, -0.2) is 35.9 Å². The van der Waals surface area contributed by atoms with E-state index in [1.165, 1.54) is 37.2 Å². The number of thioether (sulfide) groups is 1. The molecular formula is C24H17Cl2N3O5S. The number of aromatic nitrogens is 1. The van der Waals surface area contributed by atoms with Gasteiger partial charge in [0, 0.05) is 5.02 Å². The average Bonchev–Trinajstić information content (AvgIpc) is 3.26. The third kappa shape index (κ3) is 6.33. The topological polar surface area (TPSA) is 103 Å². The molecule has 35 heavy (non-hydrogen) atoms. The molecule has 1 amide bonds.